The Bertz CT molecular complexity index is 879. The molecule has 9 nitrogen and oxygen atoms in total. The maximum Gasteiger partial charge on any atom is 0.192 e. The second-order valence-corrected chi connectivity index (χ2v) is 30.3. The molecule has 0 fully saturated rings. The smallest absolute Gasteiger partial charge is 0.192 e. The molecule has 0 atom stereocenters. The van der Waals surface area contributed by atoms with Crippen LogP contribution in [-0.2, 0) is 22.9 Å². The molecule has 13 heteroatoms. The zero-order valence-electron chi connectivity index (χ0n) is 35.8. The molecule has 0 aromatic rings. The van der Waals surface area contributed by atoms with E-state index in [-0.39, 0.29) is 21.8 Å². The van der Waals surface area contributed by atoms with Crippen LogP contribution in [0.1, 0.15) is 123 Å². The van der Waals surface area contributed by atoms with Crippen LogP contribution in [0, 0.1) is 0 Å². The number of rotatable bonds is 26. The van der Waals surface area contributed by atoms with E-state index in [9.17, 15) is 9.90 Å². The minimum atomic E-state index is -2.02. The molecule has 0 aliphatic carbocycles. The molecule has 0 heterocycles. The average Bonchev–Trinajstić information content (AvgIpc) is 2.95. The molecule has 2 N–H and O–H groups in total. The van der Waals surface area contributed by atoms with E-state index in [2.05, 4.69) is 138 Å². The van der Waals surface area contributed by atoms with E-state index >= 15 is 0 Å². The Morgan fingerprint density at radius 3 is 1.56 bits per heavy atom. The zero-order valence-corrected chi connectivity index (χ0v) is 39.5. The second-order valence-electron chi connectivity index (χ2n) is 18.0. The summed E-state index contributed by atoms with van der Waals surface area (Å²) in [6.07, 6.45) is 3.19. The van der Waals surface area contributed by atoms with Gasteiger partial charge in [-0.1, -0.05) is 59.7 Å². The highest BCUT2D eigenvalue weighted by Crippen LogP contribution is 2.50. The lowest BCUT2D eigenvalue weighted by molar-refractivity contribution is -0.111. The monoisotopic (exact) mass is 784 g/mol. The number of thioether (sulfide) groups is 1. The van der Waals surface area contributed by atoms with E-state index in [0.717, 1.165) is 25.8 Å². The fourth-order valence-electron chi connectivity index (χ4n) is 4.94. The molecular formula is C37H82N3O6PSSi2. The normalized spacial score (nSPS) is 14.2. The van der Waals surface area contributed by atoms with Crippen molar-refractivity contribution in [2.45, 2.75) is 189 Å². The van der Waals surface area contributed by atoms with Gasteiger partial charge in [-0.25, -0.2) is 9.34 Å². The predicted molar refractivity (Wildman–Crippen MR) is 223 cm³/mol. The third-order valence-electron chi connectivity index (χ3n) is 10.1. The molecule has 0 rings (SSSR count). The molecule has 0 bridgehead atoms. The van der Waals surface area contributed by atoms with Crippen LogP contribution in [0.25, 0.3) is 0 Å². The number of carbonyl (C=O) groups is 1. The van der Waals surface area contributed by atoms with Gasteiger partial charge < -0.3 is 28.5 Å². The maximum absolute atomic E-state index is 12.6. The molecule has 0 amide bonds. The number of carbonyl (C=O) groups excluding carboxylic acids is 1. The summed E-state index contributed by atoms with van der Waals surface area (Å²) in [6.45, 7) is 42.7. The van der Waals surface area contributed by atoms with Crippen LogP contribution in [0.15, 0.2) is 0 Å². The molecule has 0 radical (unpaired) electrons. The molecule has 0 spiro atoms. The van der Waals surface area contributed by atoms with Crippen molar-refractivity contribution in [1.82, 2.24) is 14.7 Å². The van der Waals surface area contributed by atoms with Gasteiger partial charge >= 0.3 is 0 Å². The summed E-state index contributed by atoms with van der Waals surface area (Å²) >= 11 is 1.25. The highest BCUT2D eigenvalue weighted by atomic mass is 32.2. The maximum atomic E-state index is 12.6. The van der Waals surface area contributed by atoms with Gasteiger partial charge in [0.25, 0.3) is 0 Å². The first-order valence-electron chi connectivity index (χ1n) is 19.1. The first-order valence-corrected chi connectivity index (χ1v) is 27.1. The number of aliphatic hydroxyl groups excluding tert-OH is 1. The lowest BCUT2D eigenvalue weighted by Crippen LogP contribution is -2.60. The third-order valence-corrected chi connectivity index (χ3v) is 23.0. The van der Waals surface area contributed by atoms with Crippen molar-refractivity contribution in [3.63, 3.8) is 0 Å². The lowest BCUT2D eigenvalue weighted by atomic mass is 10.0. The number of nitrogens with one attached hydrogen (secondary N) is 1. The third kappa shape index (κ3) is 17.8. The Hall–Kier alpha value is 0.564. The van der Waals surface area contributed by atoms with Gasteiger partial charge in [-0.05, 0) is 111 Å². The highest BCUT2D eigenvalue weighted by molar-refractivity contribution is 8.13. The molecule has 300 valence electrons. The van der Waals surface area contributed by atoms with Crippen LogP contribution in [-0.4, -0.2) is 111 Å². The summed E-state index contributed by atoms with van der Waals surface area (Å²) < 4.78 is 30.5. The van der Waals surface area contributed by atoms with Gasteiger partial charge in [0.2, 0.25) is 0 Å². The number of nitrogens with zero attached hydrogens (tertiary/aromatic N) is 2. The SMILES string of the molecule is CC(C)N(C(C)C)P(OCCOCSC(=O)CCCCCNC(CO)(CO[Si](C)(C)C(C)(C)C)CO[Si](C)(C)C(C)(C)C)N(C(C)C)C(C)C. The molecule has 0 aliphatic rings. The summed E-state index contributed by atoms with van der Waals surface area (Å²) in [6, 6.07) is 1.47. The van der Waals surface area contributed by atoms with Crippen LogP contribution < -0.4 is 5.32 Å². The first-order chi connectivity index (χ1) is 22.7. The van der Waals surface area contributed by atoms with E-state index in [0.29, 0.717) is 63.0 Å². The van der Waals surface area contributed by atoms with Crippen molar-refractivity contribution in [2.75, 3.05) is 45.5 Å². The Balaban J connectivity index is 4.88. The summed E-state index contributed by atoms with van der Waals surface area (Å²) in [5.74, 6) is 0.347. The number of ether oxygens (including phenoxy) is 1. The highest BCUT2D eigenvalue weighted by Gasteiger charge is 2.43. The Kier molecular flexibility index (Phi) is 23.1. The summed E-state index contributed by atoms with van der Waals surface area (Å²) in [4.78, 5) is 12.6. The average molecular weight is 784 g/mol. The fourth-order valence-corrected chi connectivity index (χ4v) is 10.0. The minimum absolute atomic E-state index is 0.0560. The van der Waals surface area contributed by atoms with Crippen molar-refractivity contribution >= 4 is 42.0 Å². The Morgan fingerprint density at radius 1 is 0.740 bits per heavy atom. The van der Waals surface area contributed by atoms with Gasteiger partial charge in [-0.3, -0.25) is 4.79 Å². The Morgan fingerprint density at radius 2 is 1.18 bits per heavy atom. The van der Waals surface area contributed by atoms with Crippen LogP contribution in [0.2, 0.25) is 36.3 Å². The number of unbranched alkanes of at least 4 members (excludes halogenated alkanes) is 2. The quantitative estimate of drug-likeness (QED) is 0.0383. The molecule has 0 saturated heterocycles. The van der Waals surface area contributed by atoms with Crippen molar-refractivity contribution in [1.29, 1.82) is 0 Å². The zero-order chi connectivity index (χ0) is 39.1. The van der Waals surface area contributed by atoms with Crippen LogP contribution in [0.5, 0.6) is 0 Å². The van der Waals surface area contributed by atoms with Crippen LogP contribution in [0.3, 0.4) is 0 Å². The lowest BCUT2D eigenvalue weighted by Gasteiger charge is -2.45. The van der Waals surface area contributed by atoms with E-state index in [1.54, 1.807) is 0 Å². The van der Waals surface area contributed by atoms with Crippen molar-refractivity contribution in [2.24, 2.45) is 0 Å². The van der Waals surface area contributed by atoms with Gasteiger partial charge in [0.05, 0.1) is 44.5 Å². The summed E-state index contributed by atoms with van der Waals surface area (Å²) in [5.41, 5.74) is -0.664. The largest absolute Gasteiger partial charge is 0.415 e. The molecular weight excluding hydrogens is 702 g/mol. The van der Waals surface area contributed by atoms with E-state index in [4.69, 9.17) is 18.1 Å². The first kappa shape index (κ1) is 50.6. The van der Waals surface area contributed by atoms with Crippen LogP contribution in [0.4, 0.5) is 0 Å². The minimum Gasteiger partial charge on any atom is -0.415 e. The molecule has 0 aromatic heterocycles. The number of hydrogen-bond acceptors (Lipinski definition) is 10. The fraction of sp³-hybridized carbons (Fsp3) is 0.973. The molecule has 0 aliphatic heterocycles. The number of aliphatic hydroxyl groups is 1. The van der Waals surface area contributed by atoms with Crippen molar-refractivity contribution < 1.29 is 28.0 Å². The van der Waals surface area contributed by atoms with Gasteiger partial charge in [0.15, 0.2) is 30.2 Å². The van der Waals surface area contributed by atoms with Gasteiger partial charge in [-0.2, -0.15) is 0 Å². The molecule has 50 heavy (non-hydrogen) atoms. The summed E-state index contributed by atoms with van der Waals surface area (Å²) in [7, 11) is -4.98. The van der Waals surface area contributed by atoms with Gasteiger partial charge in [-0.15, -0.1) is 0 Å². The van der Waals surface area contributed by atoms with Crippen molar-refractivity contribution in [3.8, 4) is 0 Å². The molecule has 0 unspecified atom stereocenters. The van der Waals surface area contributed by atoms with Crippen molar-refractivity contribution in [3.05, 3.63) is 0 Å². The van der Waals surface area contributed by atoms with Crippen LogP contribution >= 0.6 is 20.2 Å². The van der Waals surface area contributed by atoms with E-state index < -0.39 is 30.6 Å². The van der Waals surface area contributed by atoms with E-state index in [1.165, 1.54) is 11.8 Å². The topological polar surface area (TPSA) is 92.7 Å². The van der Waals surface area contributed by atoms with E-state index in [1.807, 2.05) is 0 Å². The predicted octanol–water partition coefficient (Wildman–Crippen LogP) is 9.63. The Labute approximate surface area is 317 Å². The van der Waals surface area contributed by atoms with Gasteiger partial charge in [0, 0.05) is 30.6 Å². The number of hydrogen-bond donors (Lipinski definition) is 2. The standard InChI is InChI=1S/C37H82N3O6PSSi2/c1-30(2)39(31(3)4)47(40(32(5)6)33(7)8)44-25-24-43-29-48-34(42)22-20-19-21-23-38-37(26-41,27-45-49(15,16)35(9,10)11)28-46-50(17,18)36(12,13)14/h30-33,38,41H,19-29H2,1-18H3. The summed E-state index contributed by atoms with van der Waals surface area (Å²) in [5, 5.41) is 14.6. The van der Waals surface area contributed by atoms with Gasteiger partial charge in [0.1, 0.15) is 0 Å². The molecule has 0 aromatic carbocycles. The molecule has 0 saturated carbocycles. The second kappa shape index (κ2) is 22.8.